The Kier molecular flexibility index (Phi) is 1.28. The average Bonchev–Trinajstić information content (AvgIpc) is 2.50. The Morgan fingerprint density at radius 3 is 3.27 bits per heavy atom. The quantitative estimate of drug-likeness (QED) is 0.604. The zero-order chi connectivity index (χ0) is 7.68. The lowest BCUT2D eigenvalue weighted by Gasteiger charge is -2.01. The number of hydrogen-bond acceptors (Lipinski definition) is 2. The molecular weight excluding hydrogens is 140 g/mol. The number of ether oxygens (including phenoxy) is 1. The highest BCUT2D eigenvalue weighted by Crippen LogP contribution is 2.11. The highest BCUT2D eigenvalue weighted by Gasteiger charge is 1.97. The van der Waals surface area contributed by atoms with Gasteiger partial charge in [-0.05, 0) is 12.1 Å². The predicted molar refractivity (Wildman–Crippen MR) is 40.6 cm³/mol. The molecule has 2 aromatic rings. The van der Waals surface area contributed by atoms with E-state index in [1.165, 1.54) is 0 Å². The van der Waals surface area contributed by atoms with Gasteiger partial charge in [-0.3, -0.25) is 4.40 Å². The zero-order valence-corrected chi connectivity index (χ0v) is 6.11. The van der Waals surface area contributed by atoms with Crippen LogP contribution in [0.2, 0.25) is 0 Å². The van der Waals surface area contributed by atoms with Crippen LogP contribution in [0.4, 0.5) is 0 Å². The van der Waals surface area contributed by atoms with Gasteiger partial charge in [-0.25, -0.2) is 4.98 Å². The van der Waals surface area contributed by atoms with E-state index < -0.39 is 0 Å². The van der Waals surface area contributed by atoms with Gasteiger partial charge in [0.1, 0.15) is 11.8 Å². The van der Waals surface area contributed by atoms with Gasteiger partial charge in [0.05, 0.1) is 7.11 Å². The summed E-state index contributed by atoms with van der Waals surface area (Å²) < 4.78 is 6.92. The summed E-state index contributed by atoms with van der Waals surface area (Å²) in [5.41, 5.74) is 0.851. The van der Waals surface area contributed by atoms with E-state index >= 15 is 0 Å². The van der Waals surface area contributed by atoms with Crippen molar-refractivity contribution in [2.75, 3.05) is 7.11 Å². The standard InChI is InChI=1S/C8H7N2O/c1-11-8-4-2-3-7-9-5-6-10(7)8/h2-4,6H,1H3. The second kappa shape index (κ2) is 2.27. The van der Waals surface area contributed by atoms with Crippen LogP contribution in [0.25, 0.3) is 5.65 Å². The number of rotatable bonds is 1. The number of nitrogens with zero attached hydrogens (tertiary/aromatic N) is 2. The smallest absolute Gasteiger partial charge is 0.198 e. The summed E-state index contributed by atoms with van der Waals surface area (Å²) in [6, 6.07) is 5.68. The third-order valence-electron chi connectivity index (χ3n) is 1.54. The van der Waals surface area contributed by atoms with Gasteiger partial charge in [0, 0.05) is 6.20 Å². The van der Waals surface area contributed by atoms with Crippen molar-refractivity contribution in [3.63, 3.8) is 0 Å². The van der Waals surface area contributed by atoms with Crippen molar-refractivity contribution in [1.29, 1.82) is 0 Å². The number of pyridine rings is 1. The minimum Gasteiger partial charge on any atom is -0.482 e. The van der Waals surface area contributed by atoms with E-state index in [2.05, 4.69) is 11.2 Å². The summed E-state index contributed by atoms with van der Waals surface area (Å²) in [6.07, 6.45) is 4.49. The molecule has 0 aliphatic heterocycles. The molecule has 0 saturated heterocycles. The molecule has 0 spiro atoms. The van der Waals surface area contributed by atoms with Gasteiger partial charge in [-0.15, -0.1) is 0 Å². The van der Waals surface area contributed by atoms with Gasteiger partial charge in [-0.2, -0.15) is 0 Å². The lowest BCUT2D eigenvalue weighted by Crippen LogP contribution is -1.91. The molecule has 3 nitrogen and oxygen atoms in total. The second-order valence-electron chi connectivity index (χ2n) is 2.17. The van der Waals surface area contributed by atoms with Gasteiger partial charge >= 0.3 is 0 Å². The molecule has 0 saturated carbocycles. The van der Waals surface area contributed by atoms with E-state index in [9.17, 15) is 0 Å². The van der Waals surface area contributed by atoms with Crippen LogP contribution in [0.3, 0.4) is 0 Å². The molecule has 2 rings (SSSR count). The van der Waals surface area contributed by atoms with Gasteiger partial charge in [0.2, 0.25) is 0 Å². The molecule has 0 amide bonds. The molecule has 1 radical (unpaired) electrons. The van der Waals surface area contributed by atoms with Crippen LogP contribution in [-0.2, 0) is 0 Å². The number of methoxy groups -OCH3 is 1. The Morgan fingerprint density at radius 2 is 2.45 bits per heavy atom. The predicted octanol–water partition coefficient (Wildman–Crippen LogP) is 1.14. The van der Waals surface area contributed by atoms with E-state index in [0.29, 0.717) is 0 Å². The summed E-state index contributed by atoms with van der Waals surface area (Å²) in [6.45, 7) is 0. The first-order chi connectivity index (χ1) is 5.42. The molecule has 0 fully saturated rings. The van der Waals surface area contributed by atoms with Crippen LogP contribution in [-0.4, -0.2) is 16.5 Å². The molecule has 0 unspecified atom stereocenters. The van der Waals surface area contributed by atoms with E-state index in [4.69, 9.17) is 4.74 Å². The van der Waals surface area contributed by atoms with Gasteiger partial charge < -0.3 is 4.74 Å². The summed E-state index contributed by atoms with van der Waals surface area (Å²) in [5.74, 6) is 0.774. The normalized spacial score (nSPS) is 10.3. The van der Waals surface area contributed by atoms with Gasteiger partial charge in [-0.1, -0.05) is 6.07 Å². The third kappa shape index (κ3) is 0.852. The topological polar surface area (TPSA) is 26.5 Å². The minimum atomic E-state index is 0.774. The van der Waals surface area contributed by atoms with E-state index in [0.717, 1.165) is 11.5 Å². The number of fused-ring (bicyclic) bond motifs is 1. The van der Waals surface area contributed by atoms with Crippen molar-refractivity contribution in [2.24, 2.45) is 0 Å². The van der Waals surface area contributed by atoms with Crippen molar-refractivity contribution < 1.29 is 4.74 Å². The zero-order valence-electron chi connectivity index (χ0n) is 6.11. The molecule has 0 N–H and O–H groups in total. The van der Waals surface area contributed by atoms with Crippen molar-refractivity contribution in [3.05, 3.63) is 30.6 Å². The van der Waals surface area contributed by atoms with E-state index in [1.54, 1.807) is 13.3 Å². The fraction of sp³-hybridized carbons (Fsp3) is 0.125. The van der Waals surface area contributed by atoms with Crippen molar-refractivity contribution in [3.8, 4) is 5.88 Å². The summed E-state index contributed by atoms with van der Waals surface area (Å²) in [5, 5.41) is 0. The lowest BCUT2D eigenvalue weighted by atomic mass is 10.4. The first-order valence-corrected chi connectivity index (χ1v) is 3.30. The molecule has 3 heteroatoms. The van der Waals surface area contributed by atoms with Crippen LogP contribution < -0.4 is 4.74 Å². The maximum absolute atomic E-state index is 5.09. The molecule has 0 aromatic carbocycles. The molecule has 0 aliphatic rings. The van der Waals surface area contributed by atoms with Gasteiger partial charge in [0.25, 0.3) is 0 Å². The largest absolute Gasteiger partial charge is 0.482 e. The Hall–Kier alpha value is -1.51. The maximum Gasteiger partial charge on any atom is 0.198 e. The fourth-order valence-electron chi connectivity index (χ4n) is 1.03. The number of hydrogen-bond donors (Lipinski definition) is 0. The maximum atomic E-state index is 5.09. The van der Waals surface area contributed by atoms with Crippen LogP contribution in [0.5, 0.6) is 5.88 Å². The number of imidazole rings is 1. The van der Waals surface area contributed by atoms with Crippen LogP contribution in [0.1, 0.15) is 0 Å². The molecule has 55 valence electrons. The van der Waals surface area contributed by atoms with Crippen molar-refractivity contribution in [1.82, 2.24) is 9.38 Å². The van der Waals surface area contributed by atoms with Crippen molar-refractivity contribution >= 4 is 5.65 Å². The SMILES string of the molecule is COc1cccc2n[c]cn12. The summed E-state index contributed by atoms with van der Waals surface area (Å²) >= 11 is 0. The Labute approximate surface area is 64.2 Å². The molecular formula is C8H7N2O. The van der Waals surface area contributed by atoms with Gasteiger partial charge in [0.15, 0.2) is 5.88 Å². The highest BCUT2D eigenvalue weighted by molar-refractivity contribution is 5.41. The Morgan fingerprint density at radius 1 is 1.55 bits per heavy atom. The minimum absolute atomic E-state index is 0.774. The first kappa shape index (κ1) is 6.22. The highest BCUT2D eigenvalue weighted by atomic mass is 16.5. The van der Waals surface area contributed by atoms with Crippen LogP contribution >= 0.6 is 0 Å². The average molecular weight is 147 g/mol. The first-order valence-electron chi connectivity index (χ1n) is 3.30. The lowest BCUT2D eigenvalue weighted by molar-refractivity contribution is 0.392. The summed E-state index contributed by atoms with van der Waals surface area (Å²) in [7, 11) is 1.63. The molecule has 0 atom stereocenters. The Balaban J connectivity index is 2.79. The fourth-order valence-corrected chi connectivity index (χ4v) is 1.03. The summed E-state index contributed by atoms with van der Waals surface area (Å²) in [4.78, 5) is 3.99. The molecule has 2 heterocycles. The molecule has 11 heavy (non-hydrogen) atoms. The second-order valence-corrected chi connectivity index (χ2v) is 2.17. The van der Waals surface area contributed by atoms with E-state index in [-0.39, 0.29) is 0 Å². The number of aromatic nitrogens is 2. The van der Waals surface area contributed by atoms with Crippen LogP contribution in [0.15, 0.2) is 24.4 Å². The molecule has 0 bridgehead atoms. The molecule has 0 aliphatic carbocycles. The van der Waals surface area contributed by atoms with Crippen LogP contribution in [0, 0.1) is 6.20 Å². The third-order valence-corrected chi connectivity index (χ3v) is 1.54. The Bertz CT molecular complexity index is 367. The van der Waals surface area contributed by atoms with E-state index in [1.807, 2.05) is 22.6 Å². The molecule has 2 aromatic heterocycles. The monoisotopic (exact) mass is 147 g/mol. The van der Waals surface area contributed by atoms with Crippen molar-refractivity contribution in [2.45, 2.75) is 0 Å².